The first-order valence-electron chi connectivity index (χ1n) is 5.74. The van der Waals surface area contributed by atoms with Crippen LogP contribution in [0, 0.1) is 0 Å². The summed E-state index contributed by atoms with van der Waals surface area (Å²) in [6.07, 6.45) is 3.40. The van der Waals surface area contributed by atoms with Crippen LogP contribution >= 0.6 is 0 Å². The molecule has 0 aliphatic heterocycles. The van der Waals surface area contributed by atoms with Crippen LogP contribution in [-0.4, -0.2) is 18.0 Å². The zero-order valence-electron chi connectivity index (χ0n) is 10.6. The third kappa shape index (κ3) is 3.80. The average Bonchev–Trinajstić information content (AvgIpc) is 2.75. The van der Waals surface area contributed by atoms with Crippen molar-refractivity contribution < 1.29 is 8.42 Å². The number of sulfonamides is 1. The molecule has 1 aromatic carbocycles. The van der Waals surface area contributed by atoms with Gasteiger partial charge in [0.05, 0.1) is 12.3 Å². The summed E-state index contributed by atoms with van der Waals surface area (Å²) in [6.45, 7) is 0.181. The molecule has 2 rings (SSSR count). The van der Waals surface area contributed by atoms with Crippen molar-refractivity contribution in [2.24, 2.45) is 7.05 Å². The van der Waals surface area contributed by atoms with Crippen molar-refractivity contribution in [2.75, 3.05) is 5.73 Å². The molecule has 0 saturated carbocycles. The van der Waals surface area contributed by atoms with Gasteiger partial charge in [0.2, 0.25) is 10.0 Å². The van der Waals surface area contributed by atoms with Gasteiger partial charge in [0.15, 0.2) is 0 Å². The van der Waals surface area contributed by atoms with Gasteiger partial charge in [-0.3, -0.25) is 0 Å². The summed E-state index contributed by atoms with van der Waals surface area (Å²) in [4.78, 5) is 4.06. The van der Waals surface area contributed by atoms with Crippen LogP contribution in [0.3, 0.4) is 0 Å². The smallest absolute Gasteiger partial charge is 0.216 e. The molecule has 0 saturated heterocycles. The molecule has 0 bridgehead atoms. The third-order valence-corrected chi connectivity index (χ3v) is 4.01. The Labute approximate surface area is 112 Å². The van der Waals surface area contributed by atoms with E-state index in [2.05, 4.69) is 9.71 Å². The van der Waals surface area contributed by atoms with Crippen LogP contribution in [-0.2, 0) is 29.4 Å². The lowest BCUT2D eigenvalue weighted by atomic mass is 10.2. The largest absolute Gasteiger partial charge is 0.399 e. The molecule has 2 aromatic rings. The lowest BCUT2D eigenvalue weighted by Gasteiger charge is -2.07. The fourth-order valence-corrected chi connectivity index (χ4v) is 2.71. The Kier molecular flexibility index (Phi) is 3.87. The van der Waals surface area contributed by atoms with Gasteiger partial charge in [-0.15, -0.1) is 0 Å². The first-order chi connectivity index (χ1) is 8.96. The van der Waals surface area contributed by atoms with E-state index in [4.69, 9.17) is 5.73 Å². The van der Waals surface area contributed by atoms with Gasteiger partial charge < -0.3 is 10.3 Å². The van der Waals surface area contributed by atoms with Crippen molar-refractivity contribution in [1.82, 2.24) is 14.3 Å². The number of nitrogens with two attached hydrogens (primary N) is 1. The summed E-state index contributed by atoms with van der Waals surface area (Å²) >= 11 is 0. The molecule has 0 aliphatic rings. The molecule has 0 amide bonds. The number of nitrogens with one attached hydrogen (secondary N) is 1. The van der Waals surface area contributed by atoms with Gasteiger partial charge in [-0.1, -0.05) is 12.1 Å². The number of hydrogen-bond donors (Lipinski definition) is 2. The van der Waals surface area contributed by atoms with Crippen LogP contribution in [0.4, 0.5) is 5.69 Å². The van der Waals surface area contributed by atoms with E-state index >= 15 is 0 Å². The highest BCUT2D eigenvalue weighted by Gasteiger charge is 2.12. The summed E-state index contributed by atoms with van der Waals surface area (Å²) in [6, 6.07) is 6.78. The number of nitrogens with zero attached hydrogens (tertiary/aromatic N) is 2. The fourth-order valence-electron chi connectivity index (χ4n) is 1.63. The van der Waals surface area contributed by atoms with E-state index < -0.39 is 10.0 Å². The Hall–Kier alpha value is -1.86. The zero-order chi connectivity index (χ0) is 13.9. The highest BCUT2D eigenvalue weighted by atomic mass is 32.2. The molecule has 102 valence electrons. The standard InChI is InChI=1S/C12H16N4O2S/c1-16-7-6-14-12(16)8-15-19(17,18)9-10-2-4-11(13)5-3-10/h2-7,15H,8-9,13H2,1H3. The predicted octanol–water partition coefficient (Wildman–Crippen LogP) is 0.622. The second kappa shape index (κ2) is 5.41. The van der Waals surface area contributed by atoms with E-state index in [0.717, 1.165) is 0 Å². The zero-order valence-corrected chi connectivity index (χ0v) is 11.4. The topological polar surface area (TPSA) is 90.0 Å². The predicted molar refractivity (Wildman–Crippen MR) is 73.5 cm³/mol. The molecule has 3 N–H and O–H groups in total. The van der Waals surface area contributed by atoms with Crippen molar-refractivity contribution in [3.05, 3.63) is 48.0 Å². The first-order valence-corrected chi connectivity index (χ1v) is 7.39. The van der Waals surface area contributed by atoms with Crippen molar-refractivity contribution in [3.63, 3.8) is 0 Å². The number of rotatable bonds is 5. The first kappa shape index (κ1) is 13.6. The van der Waals surface area contributed by atoms with Crippen LogP contribution < -0.4 is 10.5 Å². The number of aryl methyl sites for hydroxylation is 1. The molecular weight excluding hydrogens is 264 g/mol. The number of benzene rings is 1. The van der Waals surface area contributed by atoms with Crippen molar-refractivity contribution in [3.8, 4) is 0 Å². The molecule has 0 fully saturated rings. The van der Waals surface area contributed by atoms with Crippen LogP contribution in [0.25, 0.3) is 0 Å². The van der Waals surface area contributed by atoms with Crippen LogP contribution in [0.2, 0.25) is 0 Å². The lowest BCUT2D eigenvalue weighted by molar-refractivity contribution is 0.576. The average molecular weight is 280 g/mol. The summed E-state index contributed by atoms with van der Waals surface area (Å²) in [5.41, 5.74) is 6.86. The summed E-state index contributed by atoms with van der Waals surface area (Å²) in [5, 5.41) is 0. The Morgan fingerprint density at radius 2 is 2.00 bits per heavy atom. The van der Waals surface area contributed by atoms with Gasteiger partial charge in [0, 0.05) is 25.1 Å². The molecule has 0 spiro atoms. The highest BCUT2D eigenvalue weighted by Crippen LogP contribution is 2.09. The van der Waals surface area contributed by atoms with Crippen molar-refractivity contribution in [1.29, 1.82) is 0 Å². The number of nitrogen functional groups attached to an aromatic ring is 1. The monoisotopic (exact) mass is 280 g/mol. The SMILES string of the molecule is Cn1ccnc1CNS(=O)(=O)Cc1ccc(N)cc1. The number of aromatic nitrogens is 2. The quantitative estimate of drug-likeness (QED) is 0.786. The third-order valence-electron chi connectivity index (χ3n) is 2.71. The second-order valence-corrected chi connectivity index (χ2v) is 6.08. The molecular formula is C12H16N4O2S. The normalized spacial score (nSPS) is 11.6. The molecule has 6 nitrogen and oxygen atoms in total. The van der Waals surface area contributed by atoms with Gasteiger partial charge in [-0.2, -0.15) is 0 Å². The summed E-state index contributed by atoms with van der Waals surface area (Å²) in [5.74, 6) is 0.596. The fraction of sp³-hybridized carbons (Fsp3) is 0.250. The Morgan fingerprint density at radius 3 is 2.58 bits per heavy atom. The van der Waals surface area contributed by atoms with E-state index in [1.807, 2.05) is 7.05 Å². The minimum Gasteiger partial charge on any atom is -0.399 e. The molecule has 1 heterocycles. The Bertz CT molecular complexity index is 647. The highest BCUT2D eigenvalue weighted by molar-refractivity contribution is 7.88. The maximum absolute atomic E-state index is 11.9. The summed E-state index contributed by atoms with van der Waals surface area (Å²) < 4.78 is 28.1. The van der Waals surface area contributed by atoms with Crippen molar-refractivity contribution in [2.45, 2.75) is 12.3 Å². The minimum atomic E-state index is -3.38. The second-order valence-electron chi connectivity index (χ2n) is 4.28. The number of anilines is 1. The maximum Gasteiger partial charge on any atom is 0.216 e. The van der Waals surface area contributed by atoms with Gasteiger partial charge >= 0.3 is 0 Å². The van der Waals surface area contributed by atoms with Crippen molar-refractivity contribution >= 4 is 15.7 Å². The molecule has 0 aliphatic carbocycles. The molecule has 0 unspecified atom stereocenters. The lowest BCUT2D eigenvalue weighted by Crippen LogP contribution is -2.26. The van der Waals surface area contributed by atoms with E-state index in [9.17, 15) is 8.42 Å². The minimum absolute atomic E-state index is 0.0717. The van der Waals surface area contributed by atoms with E-state index in [0.29, 0.717) is 17.1 Å². The molecule has 7 heteroatoms. The van der Waals surface area contributed by atoms with E-state index in [1.165, 1.54) is 0 Å². The number of hydrogen-bond acceptors (Lipinski definition) is 4. The van der Waals surface area contributed by atoms with Crippen LogP contribution in [0.5, 0.6) is 0 Å². The van der Waals surface area contributed by atoms with Crippen LogP contribution in [0.15, 0.2) is 36.7 Å². The molecule has 19 heavy (non-hydrogen) atoms. The van der Waals surface area contributed by atoms with Crippen LogP contribution in [0.1, 0.15) is 11.4 Å². The maximum atomic E-state index is 11.9. The Morgan fingerprint density at radius 1 is 1.32 bits per heavy atom. The molecule has 1 aromatic heterocycles. The van der Waals surface area contributed by atoms with E-state index in [-0.39, 0.29) is 12.3 Å². The Balaban J connectivity index is 1.99. The van der Waals surface area contributed by atoms with Gasteiger partial charge in [0.25, 0.3) is 0 Å². The van der Waals surface area contributed by atoms with E-state index in [1.54, 1.807) is 41.2 Å². The van der Waals surface area contributed by atoms with Gasteiger partial charge in [0.1, 0.15) is 5.82 Å². The summed E-state index contributed by atoms with van der Waals surface area (Å²) in [7, 11) is -1.57. The van der Waals surface area contributed by atoms with Gasteiger partial charge in [-0.05, 0) is 17.7 Å². The molecule has 0 radical (unpaired) electrons. The molecule has 0 atom stereocenters. The number of imidazole rings is 1. The van der Waals surface area contributed by atoms with Gasteiger partial charge in [-0.25, -0.2) is 18.1 Å².